The largest absolute Gasteiger partial charge is 0.454 e. The molecule has 3 heterocycles. The number of hydrogen-bond donors (Lipinski definition) is 2. The van der Waals surface area contributed by atoms with Crippen LogP contribution in [-0.4, -0.2) is 24.7 Å². The van der Waals surface area contributed by atoms with Crippen molar-refractivity contribution in [3.8, 4) is 22.9 Å². The molecule has 7 nitrogen and oxygen atoms in total. The van der Waals surface area contributed by atoms with Gasteiger partial charge in [-0.05, 0) is 54.7 Å². The summed E-state index contributed by atoms with van der Waals surface area (Å²) in [4.78, 5) is 12.1. The molecule has 1 unspecified atom stereocenters. The van der Waals surface area contributed by atoms with Crippen molar-refractivity contribution in [3.05, 3.63) is 96.1 Å². The summed E-state index contributed by atoms with van der Waals surface area (Å²) >= 11 is 0. The van der Waals surface area contributed by atoms with E-state index in [1.807, 2.05) is 28.9 Å². The summed E-state index contributed by atoms with van der Waals surface area (Å²) in [5.41, 5.74) is 11.8. The van der Waals surface area contributed by atoms with Crippen LogP contribution in [0, 0.1) is 5.82 Å². The van der Waals surface area contributed by atoms with Gasteiger partial charge in [-0.15, -0.1) is 0 Å². The molecule has 1 aliphatic rings. The average Bonchev–Trinajstić information content (AvgIpc) is 3.51. The number of aromatic nitrogens is 5. The quantitative estimate of drug-likeness (QED) is 0.306. The second-order valence-electron chi connectivity index (χ2n) is 9.38. The van der Waals surface area contributed by atoms with Gasteiger partial charge in [-0.3, -0.25) is 0 Å². The van der Waals surface area contributed by atoms with Gasteiger partial charge in [0.05, 0.1) is 17.1 Å². The van der Waals surface area contributed by atoms with Gasteiger partial charge >= 0.3 is 0 Å². The van der Waals surface area contributed by atoms with E-state index in [9.17, 15) is 4.39 Å². The maximum Gasteiger partial charge on any atom is 0.167 e. The lowest BCUT2D eigenvalue weighted by molar-refractivity contribution is 0.415. The Hall–Kier alpha value is -4.72. The molecule has 3 aromatic carbocycles. The number of benzene rings is 3. The summed E-state index contributed by atoms with van der Waals surface area (Å²) in [6.07, 6.45) is 4.28. The molecule has 0 fully saturated rings. The molecular formula is C29H23FN6O. The smallest absolute Gasteiger partial charge is 0.167 e. The average molecular weight is 491 g/mol. The zero-order valence-electron chi connectivity index (χ0n) is 19.9. The van der Waals surface area contributed by atoms with E-state index in [2.05, 4.69) is 39.2 Å². The van der Waals surface area contributed by atoms with E-state index in [-0.39, 0.29) is 11.8 Å². The minimum atomic E-state index is -0.455. The fourth-order valence-corrected chi connectivity index (χ4v) is 5.28. The Balaban J connectivity index is 1.32. The lowest BCUT2D eigenvalue weighted by Gasteiger charge is -2.25. The second-order valence-corrected chi connectivity index (χ2v) is 9.38. The third-order valence-corrected chi connectivity index (χ3v) is 7.08. The zero-order valence-corrected chi connectivity index (χ0v) is 19.9. The van der Waals surface area contributed by atoms with Gasteiger partial charge in [0.2, 0.25) is 0 Å². The van der Waals surface area contributed by atoms with Crippen LogP contribution in [0.1, 0.15) is 23.6 Å². The first kappa shape index (κ1) is 21.6. The van der Waals surface area contributed by atoms with Crippen LogP contribution in [0.5, 0.6) is 11.5 Å². The zero-order chi connectivity index (χ0) is 24.9. The molecule has 0 amide bonds. The Kier molecular flexibility index (Phi) is 4.92. The Morgan fingerprint density at radius 1 is 0.973 bits per heavy atom. The fraction of sp³-hybridized carbons (Fsp3) is 0.138. The molecule has 7 rings (SSSR count). The summed E-state index contributed by atoms with van der Waals surface area (Å²) in [7, 11) is 0. The molecule has 3 N–H and O–H groups in total. The number of nitrogens with one attached hydrogen (secondary N) is 1. The maximum absolute atomic E-state index is 14.9. The standard InChI is InChI=1S/C29H23FN6O/c30-22-15-23-19(14-25(22)37-21-8-2-1-3-9-21)13-24(34-23)27-26-28(31)32-16-33-29(26)36(35-27)20-11-10-17-6-4-5-7-18(17)12-20/h1-9,13-16,20,34H,10-12H2,(H2,31,32,33). The van der Waals surface area contributed by atoms with Crippen LogP contribution in [-0.2, 0) is 12.8 Å². The highest BCUT2D eigenvalue weighted by molar-refractivity contribution is 6.00. The molecule has 1 atom stereocenters. The number of para-hydroxylation sites is 1. The number of aryl methyl sites for hydroxylation is 1. The summed E-state index contributed by atoms with van der Waals surface area (Å²) in [6, 6.07) is 22.9. The van der Waals surface area contributed by atoms with Crippen molar-refractivity contribution in [2.45, 2.75) is 25.3 Å². The van der Waals surface area contributed by atoms with Gasteiger partial charge in [0.25, 0.3) is 0 Å². The molecule has 37 heavy (non-hydrogen) atoms. The monoisotopic (exact) mass is 490 g/mol. The van der Waals surface area contributed by atoms with E-state index >= 15 is 0 Å². The van der Waals surface area contributed by atoms with Crippen LogP contribution in [0.15, 0.2) is 79.1 Å². The predicted octanol–water partition coefficient (Wildman–Crippen LogP) is 6.22. The van der Waals surface area contributed by atoms with Crippen LogP contribution >= 0.6 is 0 Å². The van der Waals surface area contributed by atoms with E-state index < -0.39 is 5.82 Å². The third kappa shape index (κ3) is 3.69. The van der Waals surface area contributed by atoms with Crippen molar-refractivity contribution in [1.29, 1.82) is 0 Å². The Morgan fingerprint density at radius 2 is 1.78 bits per heavy atom. The van der Waals surface area contributed by atoms with Crippen molar-refractivity contribution in [2.75, 3.05) is 5.73 Å². The first-order valence-corrected chi connectivity index (χ1v) is 12.2. The molecule has 0 saturated heterocycles. The highest BCUT2D eigenvalue weighted by Gasteiger charge is 2.26. The topological polar surface area (TPSA) is 94.6 Å². The highest BCUT2D eigenvalue weighted by Crippen LogP contribution is 2.37. The van der Waals surface area contributed by atoms with Gasteiger partial charge in [0.15, 0.2) is 17.2 Å². The number of nitrogen functional groups attached to an aromatic ring is 1. The van der Waals surface area contributed by atoms with Crippen LogP contribution in [0.2, 0.25) is 0 Å². The van der Waals surface area contributed by atoms with Gasteiger partial charge in [0.1, 0.15) is 23.6 Å². The van der Waals surface area contributed by atoms with Gasteiger partial charge in [-0.25, -0.2) is 19.0 Å². The highest BCUT2D eigenvalue weighted by atomic mass is 19.1. The molecule has 8 heteroatoms. The lowest BCUT2D eigenvalue weighted by atomic mass is 9.88. The first-order chi connectivity index (χ1) is 18.1. The summed E-state index contributed by atoms with van der Waals surface area (Å²) in [5, 5.41) is 6.49. The molecule has 6 aromatic rings. The van der Waals surface area contributed by atoms with Crippen LogP contribution in [0.3, 0.4) is 0 Å². The first-order valence-electron chi connectivity index (χ1n) is 12.2. The van der Waals surface area contributed by atoms with E-state index in [4.69, 9.17) is 15.6 Å². The Morgan fingerprint density at radius 3 is 2.65 bits per heavy atom. The molecular weight excluding hydrogens is 467 g/mol. The number of ether oxygens (including phenoxy) is 1. The summed E-state index contributed by atoms with van der Waals surface area (Å²) in [5.74, 6) is 0.632. The van der Waals surface area contributed by atoms with Gasteiger partial charge < -0.3 is 15.5 Å². The molecule has 0 bridgehead atoms. The normalized spacial score (nSPS) is 15.2. The minimum Gasteiger partial charge on any atom is -0.454 e. The van der Waals surface area contributed by atoms with Gasteiger partial charge in [0, 0.05) is 17.0 Å². The van der Waals surface area contributed by atoms with Crippen molar-refractivity contribution in [1.82, 2.24) is 24.7 Å². The van der Waals surface area contributed by atoms with Crippen LogP contribution < -0.4 is 10.5 Å². The van der Waals surface area contributed by atoms with E-state index in [0.717, 1.165) is 24.6 Å². The SMILES string of the molecule is Nc1ncnc2c1c(-c1cc3cc(Oc4ccccc4)c(F)cc3[nH]1)nn2C1CCc2ccccc2C1. The number of nitrogens with two attached hydrogens (primary N) is 1. The molecule has 0 spiro atoms. The van der Waals surface area contributed by atoms with Crippen LogP contribution in [0.4, 0.5) is 10.2 Å². The number of H-pyrrole nitrogens is 1. The molecule has 182 valence electrons. The minimum absolute atomic E-state index is 0.146. The van der Waals surface area contributed by atoms with Crippen molar-refractivity contribution in [3.63, 3.8) is 0 Å². The van der Waals surface area contributed by atoms with Gasteiger partial charge in [-0.1, -0.05) is 42.5 Å². The van der Waals surface area contributed by atoms with Crippen LogP contribution in [0.25, 0.3) is 33.3 Å². The van der Waals surface area contributed by atoms with Gasteiger partial charge in [-0.2, -0.15) is 5.10 Å². The molecule has 1 aliphatic carbocycles. The molecule has 3 aromatic heterocycles. The van der Waals surface area contributed by atoms with E-state index in [1.54, 1.807) is 18.2 Å². The summed E-state index contributed by atoms with van der Waals surface area (Å²) in [6.45, 7) is 0. The number of rotatable bonds is 4. The number of fused-ring (bicyclic) bond motifs is 3. The maximum atomic E-state index is 14.9. The number of nitrogens with zero attached hydrogens (tertiary/aromatic N) is 4. The van der Waals surface area contributed by atoms with Crippen molar-refractivity contribution in [2.24, 2.45) is 0 Å². The van der Waals surface area contributed by atoms with E-state index in [1.165, 1.54) is 23.5 Å². The molecule has 0 aliphatic heterocycles. The van der Waals surface area contributed by atoms with Crippen molar-refractivity contribution < 1.29 is 9.13 Å². The number of aromatic amines is 1. The number of anilines is 1. The third-order valence-electron chi connectivity index (χ3n) is 7.08. The van der Waals surface area contributed by atoms with E-state index in [0.29, 0.717) is 39.5 Å². The number of hydrogen-bond acceptors (Lipinski definition) is 5. The number of halogens is 1. The second kappa shape index (κ2) is 8.44. The lowest BCUT2D eigenvalue weighted by Crippen LogP contribution is -2.20. The molecule has 0 radical (unpaired) electrons. The Bertz CT molecular complexity index is 1770. The predicted molar refractivity (Wildman–Crippen MR) is 141 cm³/mol. The fourth-order valence-electron chi connectivity index (χ4n) is 5.28. The molecule has 0 saturated carbocycles. The Labute approximate surface area is 211 Å². The summed E-state index contributed by atoms with van der Waals surface area (Å²) < 4.78 is 22.7. The van der Waals surface area contributed by atoms with Crippen molar-refractivity contribution >= 4 is 27.8 Å².